The van der Waals surface area contributed by atoms with E-state index in [4.69, 9.17) is 9.57 Å². The summed E-state index contributed by atoms with van der Waals surface area (Å²) < 4.78 is 5.30. The Labute approximate surface area is 170 Å². The number of rotatable bonds is 3. The average molecular weight is 386 g/mol. The molecule has 5 rings (SSSR count). The molecule has 146 valence electrons. The van der Waals surface area contributed by atoms with E-state index in [0.29, 0.717) is 12.0 Å². The summed E-state index contributed by atoms with van der Waals surface area (Å²) in [5, 5.41) is 1.93. The molecule has 2 aliphatic rings. The van der Waals surface area contributed by atoms with Crippen molar-refractivity contribution in [3.8, 4) is 5.75 Å². The lowest BCUT2D eigenvalue weighted by atomic mass is 9.97. The van der Waals surface area contributed by atoms with Gasteiger partial charge < -0.3 is 9.64 Å². The number of hydrogen-bond donors (Lipinski definition) is 0. The van der Waals surface area contributed by atoms with Gasteiger partial charge in [0.1, 0.15) is 5.75 Å². The van der Waals surface area contributed by atoms with Crippen LogP contribution in [0.15, 0.2) is 78.9 Å². The van der Waals surface area contributed by atoms with Gasteiger partial charge in [-0.15, -0.1) is 0 Å². The summed E-state index contributed by atoms with van der Waals surface area (Å²) in [5.74, 6) is 0.804. The number of hydrogen-bond acceptors (Lipinski definition) is 4. The van der Waals surface area contributed by atoms with Crippen LogP contribution in [0.1, 0.15) is 29.3 Å². The lowest BCUT2D eigenvalue weighted by Crippen LogP contribution is -2.40. The number of methoxy groups -OCH3 is 1. The number of ether oxygens (including phenoxy) is 1. The fourth-order valence-electron chi connectivity index (χ4n) is 4.23. The molecule has 0 aliphatic carbocycles. The van der Waals surface area contributed by atoms with Crippen LogP contribution < -0.4 is 14.7 Å². The predicted octanol–water partition coefficient (Wildman–Crippen LogP) is 4.74. The van der Waals surface area contributed by atoms with Crippen molar-refractivity contribution in [1.29, 1.82) is 0 Å². The van der Waals surface area contributed by atoms with Gasteiger partial charge in [0.25, 0.3) is 5.91 Å². The highest BCUT2D eigenvalue weighted by molar-refractivity contribution is 6.08. The molecular weight excluding hydrogens is 364 g/mol. The van der Waals surface area contributed by atoms with Crippen molar-refractivity contribution < 1.29 is 14.4 Å². The fraction of sp³-hybridized carbons (Fsp3) is 0.208. The van der Waals surface area contributed by atoms with Gasteiger partial charge in [0.2, 0.25) is 5.72 Å². The van der Waals surface area contributed by atoms with Gasteiger partial charge in [-0.3, -0.25) is 4.79 Å². The predicted molar refractivity (Wildman–Crippen MR) is 112 cm³/mol. The van der Waals surface area contributed by atoms with Gasteiger partial charge >= 0.3 is 0 Å². The minimum Gasteiger partial charge on any atom is -0.497 e. The highest BCUT2D eigenvalue weighted by Crippen LogP contribution is 2.56. The zero-order chi connectivity index (χ0) is 20.0. The van der Waals surface area contributed by atoms with E-state index in [1.54, 1.807) is 7.11 Å². The minimum atomic E-state index is -0.576. The molecule has 0 unspecified atom stereocenters. The molecular formula is C24H22N2O3. The average Bonchev–Trinajstić information content (AvgIpc) is 3.50. The lowest BCUT2D eigenvalue weighted by molar-refractivity contribution is 0.0973. The lowest BCUT2D eigenvalue weighted by Gasteiger charge is -2.29. The van der Waals surface area contributed by atoms with E-state index in [0.717, 1.165) is 22.7 Å². The molecule has 1 saturated heterocycles. The molecule has 0 N–H and O–H groups in total. The fourth-order valence-corrected chi connectivity index (χ4v) is 4.23. The number of fused-ring (bicyclic) bond motifs is 3. The number of para-hydroxylation sites is 2. The maximum atomic E-state index is 13.4. The summed E-state index contributed by atoms with van der Waals surface area (Å²) >= 11 is 0. The molecule has 2 aliphatic heterocycles. The molecule has 0 radical (unpaired) electrons. The molecule has 29 heavy (non-hydrogen) atoms. The Balaban J connectivity index is 1.58. The molecule has 0 saturated carbocycles. The molecule has 0 aromatic heterocycles. The molecule has 5 heteroatoms. The van der Waals surface area contributed by atoms with Gasteiger partial charge in [-0.2, -0.15) is 0 Å². The van der Waals surface area contributed by atoms with Crippen LogP contribution in [0.4, 0.5) is 11.4 Å². The topological polar surface area (TPSA) is 45.1 Å². The zero-order valence-corrected chi connectivity index (χ0v) is 16.4. The van der Waals surface area contributed by atoms with Gasteiger partial charge in [-0.1, -0.05) is 42.5 Å². The van der Waals surface area contributed by atoms with E-state index < -0.39 is 5.72 Å². The third-order valence-corrected chi connectivity index (χ3v) is 5.69. The van der Waals surface area contributed by atoms with E-state index in [1.165, 1.54) is 0 Å². The Morgan fingerprint density at radius 1 is 0.966 bits per heavy atom. The van der Waals surface area contributed by atoms with Gasteiger partial charge in [-0.05, 0) is 43.3 Å². The molecule has 0 spiro atoms. The molecule has 5 nitrogen and oxygen atoms in total. The van der Waals surface area contributed by atoms with E-state index >= 15 is 0 Å². The summed E-state index contributed by atoms with van der Waals surface area (Å²) in [5.41, 5.74) is 2.92. The Bertz CT molecular complexity index is 1050. The second kappa shape index (κ2) is 6.64. The van der Waals surface area contributed by atoms with Crippen molar-refractivity contribution in [1.82, 2.24) is 0 Å². The zero-order valence-electron chi connectivity index (χ0n) is 16.4. The number of amides is 1. The van der Waals surface area contributed by atoms with Crippen molar-refractivity contribution in [2.45, 2.75) is 25.1 Å². The van der Waals surface area contributed by atoms with Crippen molar-refractivity contribution in [3.05, 3.63) is 90.0 Å². The van der Waals surface area contributed by atoms with Crippen LogP contribution in [0.25, 0.3) is 0 Å². The number of carbonyl (C=O) groups excluding carboxylic acids is 1. The second-order valence-electron chi connectivity index (χ2n) is 7.48. The first-order valence-electron chi connectivity index (χ1n) is 9.75. The molecule has 3 aromatic rings. The van der Waals surface area contributed by atoms with Gasteiger partial charge in [0, 0.05) is 23.6 Å². The summed E-state index contributed by atoms with van der Waals surface area (Å²) in [6, 6.07) is 25.2. The third-order valence-electron chi connectivity index (χ3n) is 5.69. The Kier molecular flexibility index (Phi) is 4.07. The standard InChI is InChI=1S/C24H22N2O3/c1-17-16-24(19-12-14-20(28-2)15-13-19)26(29-24)22-11-7-6-10-21(22)25(17)23(27)18-8-4-3-5-9-18/h3-15,17H,16H2,1-2H3/t17-,24-,26?/m0/s1. The Morgan fingerprint density at radius 2 is 1.62 bits per heavy atom. The summed E-state index contributed by atoms with van der Waals surface area (Å²) in [6.45, 7) is 2.08. The smallest absolute Gasteiger partial charge is 0.258 e. The second-order valence-corrected chi connectivity index (χ2v) is 7.48. The first-order valence-corrected chi connectivity index (χ1v) is 9.75. The summed E-state index contributed by atoms with van der Waals surface area (Å²) in [4.78, 5) is 21.5. The maximum absolute atomic E-state index is 13.4. The molecule has 1 amide bonds. The van der Waals surface area contributed by atoms with Crippen molar-refractivity contribution in [3.63, 3.8) is 0 Å². The van der Waals surface area contributed by atoms with Crippen LogP contribution in [0.5, 0.6) is 5.75 Å². The molecule has 0 bridgehead atoms. The van der Waals surface area contributed by atoms with Crippen molar-refractivity contribution in [2.75, 3.05) is 17.1 Å². The number of anilines is 2. The molecule has 3 aromatic carbocycles. The van der Waals surface area contributed by atoms with Crippen LogP contribution in [0.3, 0.4) is 0 Å². The highest BCUT2D eigenvalue weighted by atomic mass is 16.9. The Hall–Kier alpha value is -3.31. The van der Waals surface area contributed by atoms with Crippen LogP contribution in [-0.4, -0.2) is 19.1 Å². The summed E-state index contributed by atoms with van der Waals surface area (Å²) in [7, 11) is 1.66. The quantitative estimate of drug-likeness (QED) is 0.610. The number of hydroxylamine groups is 1. The van der Waals surface area contributed by atoms with Crippen LogP contribution in [0.2, 0.25) is 0 Å². The van der Waals surface area contributed by atoms with Crippen LogP contribution in [-0.2, 0) is 10.6 Å². The van der Waals surface area contributed by atoms with Crippen LogP contribution >= 0.6 is 0 Å². The largest absolute Gasteiger partial charge is 0.497 e. The first-order chi connectivity index (χ1) is 14.1. The number of nitrogens with zero attached hydrogens (tertiary/aromatic N) is 2. The van der Waals surface area contributed by atoms with Crippen LogP contribution in [0, 0.1) is 0 Å². The summed E-state index contributed by atoms with van der Waals surface area (Å²) in [6.07, 6.45) is 0.659. The maximum Gasteiger partial charge on any atom is 0.258 e. The van der Waals surface area contributed by atoms with Crippen molar-refractivity contribution >= 4 is 17.3 Å². The van der Waals surface area contributed by atoms with Gasteiger partial charge in [0.05, 0.1) is 18.5 Å². The molecule has 2 atom stereocenters. The highest BCUT2D eigenvalue weighted by Gasteiger charge is 2.60. The van der Waals surface area contributed by atoms with Gasteiger partial charge in [0.15, 0.2) is 0 Å². The number of carbonyl (C=O) groups is 1. The minimum absolute atomic E-state index is 0.00192. The SMILES string of the molecule is COc1ccc([C@@]23C[C@H](C)N(C(=O)c4ccccc4)c4ccccc4N2O3)cc1. The number of benzene rings is 3. The van der Waals surface area contributed by atoms with E-state index in [9.17, 15) is 4.79 Å². The Morgan fingerprint density at radius 3 is 2.31 bits per heavy atom. The monoisotopic (exact) mass is 386 g/mol. The van der Waals surface area contributed by atoms with E-state index in [2.05, 4.69) is 6.92 Å². The molecule has 1 fully saturated rings. The van der Waals surface area contributed by atoms with E-state index in [-0.39, 0.29) is 11.9 Å². The normalized spacial score (nSPS) is 22.3. The first kappa shape index (κ1) is 17.8. The van der Waals surface area contributed by atoms with Crippen molar-refractivity contribution in [2.24, 2.45) is 0 Å². The molecule has 2 heterocycles. The third kappa shape index (κ3) is 2.77. The van der Waals surface area contributed by atoms with Gasteiger partial charge in [-0.25, -0.2) is 9.90 Å². The van der Waals surface area contributed by atoms with E-state index in [1.807, 2.05) is 88.8 Å².